The molecule has 2 nitrogen and oxygen atoms in total. The van der Waals surface area contributed by atoms with Gasteiger partial charge in [-0.2, -0.15) is 0 Å². The van der Waals surface area contributed by atoms with Crippen LogP contribution in [0, 0.1) is 0 Å². The maximum absolute atomic E-state index is 6.34. The van der Waals surface area contributed by atoms with Gasteiger partial charge in [0, 0.05) is 0 Å². The number of hydrogen-bond acceptors (Lipinski definition) is 2. The maximum atomic E-state index is 6.34. The Morgan fingerprint density at radius 3 is 2.59 bits per heavy atom. The van der Waals surface area contributed by atoms with Crippen LogP contribution in [0.2, 0.25) is 18.1 Å². The lowest BCUT2D eigenvalue weighted by Crippen LogP contribution is -2.46. The monoisotopic (exact) mass is 254 g/mol. The molecule has 1 rings (SSSR count). The Kier molecular flexibility index (Phi) is 4.39. The molecule has 1 aliphatic heterocycles. The summed E-state index contributed by atoms with van der Waals surface area (Å²) in [6.07, 6.45) is 4.12. The van der Waals surface area contributed by atoms with E-state index in [4.69, 9.17) is 9.16 Å². The minimum Gasteiger partial charge on any atom is -0.411 e. The molecule has 3 heteroatoms. The number of rotatable bonds is 4. The van der Waals surface area contributed by atoms with Crippen LogP contribution in [0.4, 0.5) is 0 Å². The van der Waals surface area contributed by atoms with Gasteiger partial charge in [-0.3, -0.25) is 0 Å². The van der Waals surface area contributed by atoms with Crippen LogP contribution >= 0.6 is 0 Å². The third-order valence-corrected chi connectivity index (χ3v) is 8.45. The van der Waals surface area contributed by atoms with Crippen molar-refractivity contribution in [2.24, 2.45) is 0 Å². The fourth-order valence-corrected chi connectivity index (χ4v) is 3.18. The quantitative estimate of drug-likeness (QED) is 0.708. The van der Waals surface area contributed by atoms with Gasteiger partial charge < -0.3 is 9.16 Å². The van der Waals surface area contributed by atoms with Gasteiger partial charge in [-0.25, -0.2) is 0 Å². The third kappa shape index (κ3) is 3.30. The van der Waals surface area contributed by atoms with E-state index in [0.717, 1.165) is 5.57 Å². The van der Waals surface area contributed by atoms with Gasteiger partial charge in [0.2, 0.25) is 0 Å². The lowest BCUT2D eigenvalue weighted by atomic mass is 10.1. The van der Waals surface area contributed by atoms with Crippen LogP contribution in [0.15, 0.2) is 24.3 Å². The van der Waals surface area contributed by atoms with Crippen molar-refractivity contribution in [2.75, 3.05) is 6.61 Å². The predicted octanol–water partition coefficient (Wildman–Crippen LogP) is 3.91. The summed E-state index contributed by atoms with van der Waals surface area (Å²) in [5.41, 5.74) is 1.16. The molecule has 0 amide bonds. The van der Waals surface area contributed by atoms with Gasteiger partial charge in [-0.15, -0.1) is 0 Å². The molecule has 17 heavy (non-hydrogen) atoms. The fraction of sp³-hybridized carbons (Fsp3) is 0.714. The van der Waals surface area contributed by atoms with Gasteiger partial charge in [-0.05, 0) is 30.6 Å². The SMILES string of the molecule is C=CC1=CCO[C@H]1[C@H](C)O[Si](C)(C)C(C)(C)C. The molecular weight excluding hydrogens is 228 g/mol. The van der Waals surface area contributed by atoms with Gasteiger partial charge in [0.1, 0.15) is 6.10 Å². The number of hydrogen-bond donors (Lipinski definition) is 0. The molecule has 0 bridgehead atoms. The molecule has 98 valence electrons. The number of ether oxygens (including phenoxy) is 1. The molecule has 1 aliphatic rings. The first kappa shape index (κ1) is 14.7. The van der Waals surface area contributed by atoms with Gasteiger partial charge in [0.15, 0.2) is 8.32 Å². The van der Waals surface area contributed by atoms with Crippen LogP contribution in [0.3, 0.4) is 0 Å². The summed E-state index contributed by atoms with van der Waals surface area (Å²) < 4.78 is 12.1. The normalized spacial score (nSPS) is 23.4. The fourth-order valence-electron chi connectivity index (χ4n) is 1.77. The standard InChI is InChI=1S/C14H26O2Si/c1-8-12-9-10-15-13(12)11(2)16-17(6,7)14(3,4)5/h8-9,11,13H,1,10H2,2-7H3/t11-,13-/m0/s1. The Labute approximate surface area is 107 Å². The molecule has 2 atom stereocenters. The maximum Gasteiger partial charge on any atom is 0.192 e. The molecule has 1 heterocycles. The summed E-state index contributed by atoms with van der Waals surface area (Å²) >= 11 is 0. The van der Waals surface area contributed by atoms with E-state index in [1.165, 1.54) is 0 Å². The van der Waals surface area contributed by atoms with Crippen molar-refractivity contribution in [3.8, 4) is 0 Å². The van der Waals surface area contributed by atoms with E-state index in [2.05, 4.69) is 53.4 Å². The van der Waals surface area contributed by atoms with Crippen LogP contribution in [0.25, 0.3) is 0 Å². The molecule has 0 N–H and O–H groups in total. The Balaban J connectivity index is 2.70. The summed E-state index contributed by atoms with van der Waals surface area (Å²) in [6, 6.07) is 0. The van der Waals surface area contributed by atoms with Crippen molar-refractivity contribution >= 4 is 8.32 Å². The highest BCUT2D eigenvalue weighted by molar-refractivity contribution is 6.74. The molecule has 0 saturated heterocycles. The third-order valence-electron chi connectivity index (χ3n) is 3.87. The molecule has 0 spiro atoms. The van der Waals surface area contributed by atoms with E-state index in [9.17, 15) is 0 Å². The Morgan fingerprint density at radius 2 is 2.12 bits per heavy atom. The molecule has 0 aliphatic carbocycles. The highest BCUT2D eigenvalue weighted by atomic mass is 28.4. The first-order valence-electron chi connectivity index (χ1n) is 6.31. The first-order valence-corrected chi connectivity index (χ1v) is 9.22. The van der Waals surface area contributed by atoms with Gasteiger partial charge in [0.05, 0.1) is 12.7 Å². The van der Waals surface area contributed by atoms with E-state index in [-0.39, 0.29) is 17.2 Å². The molecule has 0 fully saturated rings. The van der Waals surface area contributed by atoms with Crippen molar-refractivity contribution < 1.29 is 9.16 Å². The first-order chi connectivity index (χ1) is 7.69. The molecule has 0 radical (unpaired) electrons. The average molecular weight is 254 g/mol. The largest absolute Gasteiger partial charge is 0.411 e. The zero-order valence-corrected chi connectivity index (χ0v) is 13.0. The van der Waals surface area contributed by atoms with E-state index in [1.807, 2.05) is 6.08 Å². The summed E-state index contributed by atoms with van der Waals surface area (Å²) in [6.45, 7) is 17.9. The molecule has 0 aromatic rings. The zero-order chi connectivity index (χ0) is 13.3. The molecule has 0 aromatic carbocycles. The Bertz CT molecular complexity index is 313. The van der Waals surface area contributed by atoms with Gasteiger partial charge in [0.25, 0.3) is 0 Å². The second kappa shape index (κ2) is 5.08. The van der Waals surface area contributed by atoms with Crippen LogP contribution in [0.1, 0.15) is 27.7 Å². The highest BCUT2D eigenvalue weighted by Crippen LogP contribution is 2.38. The predicted molar refractivity (Wildman–Crippen MR) is 75.8 cm³/mol. The van der Waals surface area contributed by atoms with Crippen LogP contribution in [-0.4, -0.2) is 27.1 Å². The molecular formula is C14H26O2Si. The molecule has 0 unspecified atom stereocenters. The average Bonchev–Trinajstić information content (AvgIpc) is 2.62. The Morgan fingerprint density at radius 1 is 1.53 bits per heavy atom. The minimum absolute atomic E-state index is 0.0571. The Hall–Kier alpha value is -0.383. The van der Waals surface area contributed by atoms with Crippen molar-refractivity contribution in [2.45, 2.75) is 58.0 Å². The van der Waals surface area contributed by atoms with E-state index in [0.29, 0.717) is 6.61 Å². The van der Waals surface area contributed by atoms with Crippen molar-refractivity contribution in [3.05, 3.63) is 24.3 Å². The smallest absolute Gasteiger partial charge is 0.192 e. The van der Waals surface area contributed by atoms with Crippen molar-refractivity contribution in [3.63, 3.8) is 0 Å². The van der Waals surface area contributed by atoms with Crippen LogP contribution in [0.5, 0.6) is 0 Å². The van der Waals surface area contributed by atoms with E-state index in [1.54, 1.807) is 0 Å². The topological polar surface area (TPSA) is 18.5 Å². The van der Waals surface area contributed by atoms with E-state index < -0.39 is 8.32 Å². The van der Waals surface area contributed by atoms with Gasteiger partial charge in [-0.1, -0.05) is 39.5 Å². The summed E-state index contributed by atoms with van der Waals surface area (Å²) in [4.78, 5) is 0. The van der Waals surface area contributed by atoms with Crippen molar-refractivity contribution in [1.82, 2.24) is 0 Å². The lowest BCUT2D eigenvalue weighted by molar-refractivity contribution is 0.0261. The van der Waals surface area contributed by atoms with Crippen LogP contribution in [-0.2, 0) is 9.16 Å². The summed E-state index contributed by atoms with van der Waals surface area (Å²) in [7, 11) is -1.72. The minimum atomic E-state index is -1.72. The second-order valence-corrected chi connectivity index (χ2v) is 11.0. The van der Waals surface area contributed by atoms with Crippen LogP contribution < -0.4 is 0 Å². The zero-order valence-electron chi connectivity index (χ0n) is 12.0. The highest BCUT2D eigenvalue weighted by Gasteiger charge is 2.40. The summed E-state index contributed by atoms with van der Waals surface area (Å²) in [5, 5.41) is 0.234. The van der Waals surface area contributed by atoms with Gasteiger partial charge >= 0.3 is 0 Å². The summed E-state index contributed by atoms with van der Waals surface area (Å²) in [5.74, 6) is 0. The van der Waals surface area contributed by atoms with E-state index >= 15 is 0 Å². The lowest BCUT2D eigenvalue weighted by Gasteiger charge is -2.39. The molecule has 0 saturated carbocycles. The van der Waals surface area contributed by atoms with Crippen molar-refractivity contribution in [1.29, 1.82) is 0 Å². The second-order valence-electron chi connectivity index (χ2n) is 6.25. The molecule has 0 aromatic heterocycles.